The van der Waals surface area contributed by atoms with E-state index >= 15 is 4.39 Å². The normalized spacial score (nSPS) is 29.1. The van der Waals surface area contributed by atoms with Gasteiger partial charge in [-0.1, -0.05) is 0 Å². The van der Waals surface area contributed by atoms with Crippen molar-refractivity contribution >= 4 is 5.82 Å². The number of aromatic hydroxyl groups is 1. The summed E-state index contributed by atoms with van der Waals surface area (Å²) in [5.41, 5.74) is -0.300. The average Bonchev–Trinajstić information content (AvgIpc) is 3.63. The molecule has 1 aromatic carbocycles. The molecule has 3 aliphatic rings. The Labute approximate surface area is 213 Å². The number of benzene rings is 1. The van der Waals surface area contributed by atoms with Crippen LogP contribution in [0.4, 0.5) is 14.6 Å². The van der Waals surface area contributed by atoms with Crippen molar-refractivity contribution in [1.29, 1.82) is 5.26 Å². The van der Waals surface area contributed by atoms with Crippen LogP contribution in [0, 0.1) is 17.1 Å². The second-order valence-corrected chi connectivity index (χ2v) is 11.0. The fourth-order valence-corrected chi connectivity index (χ4v) is 6.15. The summed E-state index contributed by atoms with van der Waals surface area (Å²) >= 11 is 0. The third-order valence-electron chi connectivity index (χ3n) is 7.99. The van der Waals surface area contributed by atoms with Crippen LogP contribution in [-0.2, 0) is 0 Å². The lowest BCUT2D eigenvalue weighted by Crippen LogP contribution is -2.73. The molecule has 2 aliphatic heterocycles. The van der Waals surface area contributed by atoms with Crippen LogP contribution in [-0.4, -0.2) is 59.4 Å². The van der Waals surface area contributed by atoms with Gasteiger partial charge >= 0.3 is 0 Å². The molecule has 2 N–H and O–H groups in total. The predicted molar refractivity (Wildman–Crippen MR) is 131 cm³/mol. The zero-order chi connectivity index (χ0) is 25.9. The van der Waals surface area contributed by atoms with E-state index in [1.807, 2.05) is 6.92 Å². The van der Waals surface area contributed by atoms with E-state index in [2.05, 4.69) is 37.4 Å². The molecule has 37 heavy (non-hydrogen) atoms. The van der Waals surface area contributed by atoms with E-state index in [4.69, 9.17) is 5.26 Å². The second-order valence-electron chi connectivity index (χ2n) is 11.0. The van der Waals surface area contributed by atoms with Gasteiger partial charge in [-0.25, -0.2) is 18.4 Å². The Balaban J connectivity index is 1.28. The number of nitrogens with zero attached hydrogens (tertiary/aromatic N) is 7. The number of phenolic OH excluding ortho intramolecular Hbond substituents is 1. The topological polar surface area (TPSA) is 116 Å². The third-order valence-corrected chi connectivity index (χ3v) is 7.99. The van der Waals surface area contributed by atoms with Crippen LogP contribution in [0.15, 0.2) is 30.6 Å². The summed E-state index contributed by atoms with van der Waals surface area (Å²) in [5.74, 6) is -0.134. The first-order valence-corrected chi connectivity index (χ1v) is 12.6. The van der Waals surface area contributed by atoms with E-state index in [1.165, 1.54) is 10.7 Å². The number of fused-ring (bicyclic) bond motifs is 2. The van der Waals surface area contributed by atoms with Crippen LogP contribution in [0.3, 0.4) is 0 Å². The molecule has 0 spiro atoms. The third kappa shape index (κ3) is 4.09. The number of hydrogen-bond acceptors (Lipinski definition) is 8. The molecule has 1 aliphatic carbocycles. The minimum Gasteiger partial charge on any atom is -0.507 e. The van der Waals surface area contributed by atoms with E-state index in [1.54, 1.807) is 24.4 Å². The van der Waals surface area contributed by atoms with Crippen LogP contribution < -0.4 is 10.2 Å². The lowest BCUT2D eigenvalue weighted by molar-refractivity contribution is 0.000258. The minimum absolute atomic E-state index is 0.118. The molecule has 3 fully saturated rings. The highest BCUT2D eigenvalue weighted by molar-refractivity contribution is 5.66. The first-order valence-electron chi connectivity index (χ1n) is 12.6. The van der Waals surface area contributed by atoms with Crippen molar-refractivity contribution in [3.8, 4) is 28.9 Å². The van der Waals surface area contributed by atoms with Crippen LogP contribution >= 0.6 is 0 Å². The highest BCUT2D eigenvalue weighted by Gasteiger charge is 2.55. The molecule has 6 rings (SSSR count). The molecule has 0 amide bonds. The van der Waals surface area contributed by atoms with Gasteiger partial charge in [-0.3, -0.25) is 0 Å². The Morgan fingerprint density at radius 1 is 1.24 bits per heavy atom. The molecule has 9 nitrogen and oxygen atoms in total. The minimum atomic E-state index is -1.05. The second kappa shape index (κ2) is 8.45. The van der Waals surface area contributed by atoms with Crippen molar-refractivity contribution < 1.29 is 13.9 Å². The molecule has 0 unspecified atom stereocenters. The standard InChI is InChI=1S/C26H28F2N8O/c1-25-8-3-9-26(2,34-25)23(28)20(11-25)36(15-4-5-15)22-13-30-24(32-31-22)17-7-6-16(10-21(17)37)35-14-18(27)19(12-29)33-35/h6-7,10,13-15,20,23,34,37H,3-5,8-9,11H2,1-2H3/t20-,23-,25-,26+/m1/s1. The van der Waals surface area contributed by atoms with Gasteiger partial charge in [-0.05, 0) is 64.5 Å². The molecule has 3 aromatic rings. The van der Waals surface area contributed by atoms with Gasteiger partial charge in [0.25, 0.3) is 0 Å². The number of anilines is 1. The number of alkyl halides is 1. The highest BCUT2D eigenvalue weighted by Crippen LogP contribution is 2.46. The zero-order valence-electron chi connectivity index (χ0n) is 20.7. The lowest BCUT2D eigenvalue weighted by atomic mass is 9.68. The Morgan fingerprint density at radius 2 is 2.05 bits per heavy atom. The fraction of sp³-hybridized carbons (Fsp3) is 0.500. The Bertz CT molecular complexity index is 1380. The van der Waals surface area contributed by atoms with Crippen LogP contribution in [0.1, 0.15) is 58.1 Å². The molecule has 4 atom stereocenters. The maximum Gasteiger partial charge on any atom is 0.198 e. The van der Waals surface area contributed by atoms with Gasteiger partial charge < -0.3 is 15.3 Å². The molecular weight excluding hydrogens is 478 g/mol. The van der Waals surface area contributed by atoms with Crippen molar-refractivity contribution in [1.82, 2.24) is 30.3 Å². The monoisotopic (exact) mass is 506 g/mol. The SMILES string of the molecule is C[C@]12CCC[C@](C)(N1)[C@H](F)[C@H](N(c1cnc(-c3ccc(-n4cc(F)c(C#N)n4)cc3O)nn1)C1CC1)C2. The lowest BCUT2D eigenvalue weighted by Gasteiger charge is -2.57. The molecule has 2 bridgehead atoms. The number of aromatic nitrogens is 5. The number of nitrogens with one attached hydrogen (secondary N) is 1. The summed E-state index contributed by atoms with van der Waals surface area (Å²) in [5, 5.41) is 35.7. The number of rotatable bonds is 5. The smallest absolute Gasteiger partial charge is 0.198 e. The summed E-state index contributed by atoms with van der Waals surface area (Å²) in [6.45, 7) is 4.18. The van der Waals surface area contributed by atoms with Crippen LogP contribution in [0.25, 0.3) is 17.1 Å². The van der Waals surface area contributed by atoms with Gasteiger partial charge in [0, 0.05) is 23.2 Å². The summed E-state index contributed by atoms with van der Waals surface area (Å²) in [6, 6.07) is 6.16. The first kappa shape index (κ1) is 23.7. The highest BCUT2D eigenvalue weighted by atomic mass is 19.1. The van der Waals surface area contributed by atoms with Gasteiger partial charge in [0.2, 0.25) is 0 Å². The van der Waals surface area contributed by atoms with Gasteiger partial charge in [-0.2, -0.15) is 10.4 Å². The number of halogens is 2. The maximum absolute atomic E-state index is 16.0. The van der Waals surface area contributed by atoms with Crippen molar-refractivity contribution in [2.45, 2.75) is 81.7 Å². The van der Waals surface area contributed by atoms with E-state index < -0.39 is 17.5 Å². The van der Waals surface area contributed by atoms with Gasteiger partial charge in [0.05, 0.1) is 29.7 Å². The Kier molecular flexibility index (Phi) is 5.42. The number of phenols is 1. The summed E-state index contributed by atoms with van der Waals surface area (Å²) in [7, 11) is 0. The maximum atomic E-state index is 16.0. The molecule has 1 saturated carbocycles. The van der Waals surface area contributed by atoms with E-state index in [0.717, 1.165) is 38.3 Å². The molecule has 2 saturated heterocycles. The first-order chi connectivity index (χ1) is 17.7. The van der Waals surface area contributed by atoms with E-state index in [0.29, 0.717) is 23.5 Å². The molecule has 11 heteroatoms. The van der Waals surface area contributed by atoms with Crippen LogP contribution in [0.2, 0.25) is 0 Å². The number of hydrogen-bond donors (Lipinski definition) is 2. The van der Waals surface area contributed by atoms with Gasteiger partial charge in [-0.15, -0.1) is 10.2 Å². The van der Waals surface area contributed by atoms with Crippen molar-refractivity contribution in [2.24, 2.45) is 0 Å². The number of piperidine rings is 2. The summed E-state index contributed by atoms with van der Waals surface area (Å²) in [4.78, 5) is 6.55. The molecule has 0 radical (unpaired) electrons. The predicted octanol–water partition coefficient (Wildman–Crippen LogP) is 3.81. The fourth-order valence-electron chi connectivity index (χ4n) is 6.15. The van der Waals surface area contributed by atoms with Gasteiger partial charge in [0.15, 0.2) is 23.2 Å². The summed E-state index contributed by atoms with van der Waals surface area (Å²) in [6.07, 6.45) is 7.12. The Morgan fingerprint density at radius 3 is 2.70 bits per heavy atom. The molecule has 192 valence electrons. The molecule has 2 aromatic heterocycles. The number of nitriles is 1. The van der Waals surface area contributed by atoms with Gasteiger partial charge in [0.1, 0.15) is 18.0 Å². The van der Waals surface area contributed by atoms with E-state index in [9.17, 15) is 9.50 Å². The molecule has 4 heterocycles. The Hall–Kier alpha value is -3.65. The zero-order valence-corrected chi connectivity index (χ0v) is 20.7. The van der Waals surface area contributed by atoms with Crippen molar-refractivity contribution in [3.05, 3.63) is 42.1 Å². The van der Waals surface area contributed by atoms with Crippen molar-refractivity contribution in [2.75, 3.05) is 4.90 Å². The van der Waals surface area contributed by atoms with Crippen molar-refractivity contribution in [3.63, 3.8) is 0 Å². The average molecular weight is 507 g/mol. The summed E-state index contributed by atoms with van der Waals surface area (Å²) < 4.78 is 30.9. The quantitative estimate of drug-likeness (QED) is 0.537. The van der Waals surface area contributed by atoms with Crippen LogP contribution in [0.5, 0.6) is 5.75 Å². The van der Waals surface area contributed by atoms with E-state index in [-0.39, 0.29) is 34.9 Å². The largest absolute Gasteiger partial charge is 0.507 e. The molecular formula is C26H28F2N8O.